The Bertz CT molecular complexity index is 2000. The zero-order chi connectivity index (χ0) is 50.0. The van der Waals surface area contributed by atoms with Gasteiger partial charge >= 0.3 is 0 Å². The van der Waals surface area contributed by atoms with E-state index in [9.17, 15) is 63.0 Å². The molecule has 1 unspecified atom stereocenters. The number of phenolic OH excluding ortho intramolecular Hbond substituents is 1. The van der Waals surface area contributed by atoms with Crippen LogP contribution in [0, 0.1) is 5.92 Å². The third-order valence-corrected chi connectivity index (χ3v) is 11.5. The summed E-state index contributed by atoms with van der Waals surface area (Å²) in [5.74, 6) is -10.4. The highest BCUT2D eigenvalue weighted by Gasteiger charge is 2.43. The third-order valence-electron chi connectivity index (χ3n) is 11.5. The summed E-state index contributed by atoms with van der Waals surface area (Å²) in [6.45, 7) is 1.63. The molecule has 2 aliphatic rings. The predicted molar refractivity (Wildman–Crippen MR) is 236 cm³/mol. The Hall–Kier alpha value is -6.89. The van der Waals surface area contributed by atoms with Crippen LogP contribution in [-0.4, -0.2) is 149 Å². The maximum Gasteiger partial charge on any atom is 0.246 e. The number of benzene rings is 1. The molecule has 1 aliphatic carbocycles. The minimum absolute atomic E-state index is 0.0479. The summed E-state index contributed by atoms with van der Waals surface area (Å²) in [7, 11) is 1.20. The Morgan fingerprint density at radius 3 is 2.07 bits per heavy atom. The van der Waals surface area contributed by atoms with E-state index in [4.69, 9.17) is 17.2 Å². The molecule has 25 heteroatoms. The lowest BCUT2D eigenvalue weighted by Gasteiger charge is -2.32. The molecule has 16 N–H and O–H groups in total. The molecule has 0 spiro atoms. The van der Waals surface area contributed by atoms with E-state index in [0.29, 0.717) is 24.8 Å². The van der Waals surface area contributed by atoms with Crippen LogP contribution in [0.25, 0.3) is 0 Å². The Labute approximate surface area is 386 Å². The molecule has 1 saturated heterocycles. The van der Waals surface area contributed by atoms with Crippen LogP contribution in [0.5, 0.6) is 5.75 Å². The average molecular weight is 945 g/mol. The van der Waals surface area contributed by atoms with Crippen molar-refractivity contribution in [2.24, 2.45) is 23.1 Å². The summed E-state index contributed by atoms with van der Waals surface area (Å²) < 4.78 is 0. The second-order valence-electron chi connectivity index (χ2n) is 16.9. The van der Waals surface area contributed by atoms with Crippen molar-refractivity contribution in [2.45, 2.75) is 126 Å². The summed E-state index contributed by atoms with van der Waals surface area (Å²) in [5.41, 5.74) is 15.1. The lowest BCUT2D eigenvalue weighted by molar-refractivity contribution is -0.141. The number of likely N-dealkylation sites (N-methyl/N-ethyl adjacent to an activating group) is 1. The highest BCUT2D eigenvalue weighted by atomic mass is 16.3. The monoisotopic (exact) mass is 944 g/mol. The smallest absolute Gasteiger partial charge is 0.246 e. The topological polar surface area (TPSA) is 406 Å². The third kappa shape index (κ3) is 17.5. The largest absolute Gasteiger partial charge is 0.508 e. The van der Waals surface area contributed by atoms with Gasteiger partial charge in [-0.3, -0.25) is 58.1 Å². The quantitative estimate of drug-likeness (QED) is 0.0737. The van der Waals surface area contributed by atoms with E-state index in [0.717, 1.165) is 4.90 Å². The standard InChI is InChI=1S/C42H64N12O13/c1-4-22(2)35-39(65)49-25(11-13-29(43)56)36(62)51-28(18-30(44)57)37(63)50-26(40(66)54(3)21-34(61)53-42(15-5-6-16-42)41(67)47-19-31(45)58)12-14-32(59)46-20-33(60)48-27(38(64)52-35)17-23-7-9-24(55)10-8-23/h7-10,22,25-28,35,38,52,55,64H,4-6,11-21H2,1-3H3,(H2,43,56)(H2,44,57)(H2,45,58)(H,46,59)(H,47,67)(H,48,60)(H,49,65)(H,50,63)(H,51,62)(H,53,61)/t22-,25-,26-,27-,28-,35-,38?/m0/s1. The molecule has 1 aromatic rings. The van der Waals surface area contributed by atoms with Crippen LogP contribution in [0.1, 0.15) is 83.6 Å². The van der Waals surface area contributed by atoms with Crippen molar-refractivity contribution in [3.63, 3.8) is 0 Å². The number of primary amides is 3. The van der Waals surface area contributed by atoms with Crippen molar-refractivity contribution in [3.05, 3.63) is 29.8 Å². The van der Waals surface area contributed by atoms with E-state index in [1.807, 2.05) is 0 Å². The number of carbonyl (C=O) groups is 11. The average Bonchev–Trinajstić information content (AvgIpc) is 3.74. The molecule has 1 heterocycles. The van der Waals surface area contributed by atoms with Crippen LogP contribution in [0.15, 0.2) is 24.3 Å². The number of aliphatic hydroxyl groups excluding tert-OH is 1. The van der Waals surface area contributed by atoms with Gasteiger partial charge in [-0.25, -0.2) is 0 Å². The minimum Gasteiger partial charge on any atom is -0.508 e. The number of nitrogens with two attached hydrogens (primary N) is 3. The molecule has 25 nitrogen and oxygen atoms in total. The van der Waals surface area contributed by atoms with E-state index in [1.54, 1.807) is 26.0 Å². The summed E-state index contributed by atoms with van der Waals surface area (Å²) in [6.07, 6.45) is -2.43. The van der Waals surface area contributed by atoms with Crippen LogP contribution in [-0.2, 0) is 59.2 Å². The maximum absolute atomic E-state index is 14.0. The van der Waals surface area contributed by atoms with Gasteiger partial charge in [-0.2, -0.15) is 0 Å². The molecule has 1 saturated carbocycles. The number of amides is 11. The first kappa shape index (κ1) is 54.4. The molecule has 7 atom stereocenters. The summed E-state index contributed by atoms with van der Waals surface area (Å²) in [6, 6.07) is -1.60. The first-order valence-electron chi connectivity index (χ1n) is 21.9. The number of carbonyl (C=O) groups excluding carboxylic acids is 11. The lowest BCUT2D eigenvalue weighted by atomic mass is 9.96. The summed E-state index contributed by atoms with van der Waals surface area (Å²) >= 11 is 0. The predicted octanol–water partition coefficient (Wildman–Crippen LogP) is -5.26. The first-order chi connectivity index (χ1) is 31.5. The molecule has 3 rings (SSSR count). The van der Waals surface area contributed by atoms with Gasteiger partial charge < -0.3 is 69.5 Å². The highest BCUT2D eigenvalue weighted by molar-refractivity contribution is 5.98. The number of aromatic hydroxyl groups is 1. The SMILES string of the molecule is CC[C@H](C)[C@@H]1NC(O)[C@H](Cc2ccc(O)cc2)NC(=O)CNC(=O)CC[C@@H](C(=O)N(C)CC(=O)NC2(C(=O)NCC(N)=O)CCCC2)NC(=O)[C@H](CC(N)=O)NC(=O)[C@H](CCC(N)=O)NC1=O. The zero-order valence-corrected chi connectivity index (χ0v) is 37.8. The van der Waals surface area contributed by atoms with Gasteiger partial charge in [-0.05, 0) is 55.7 Å². The Kier molecular flexibility index (Phi) is 20.9. The van der Waals surface area contributed by atoms with E-state index < -0.39 is 165 Å². The van der Waals surface area contributed by atoms with Crippen molar-refractivity contribution in [3.8, 4) is 5.75 Å². The van der Waals surface area contributed by atoms with Crippen molar-refractivity contribution in [1.82, 2.24) is 47.4 Å². The molecule has 0 radical (unpaired) electrons. The molecule has 0 bridgehead atoms. The fourth-order valence-corrected chi connectivity index (χ4v) is 7.58. The molecule has 11 amide bonds. The second-order valence-corrected chi connectivity index (χ2v) is 16.9. The van der Waals surface area contributed by atoms with Gasteiger partial charge in [-0.15, -0.1) is 0 Å². The van der Waals surface area contributed by atoms with E-state index in [2.05, 4.69) is 42.5 Å². The van der Waals surface area contributed by atoms with Crippen LogP contribution < -0.4 is 59.7 Å². The number of phenols is 1. The van der Waals surface area contributed by atoms with Gasteiger partial charge in [0.05, 0.1) is 38.1 Å². The van der Waals surface area contributed by atoms with Gasteiger partial charge in [0.15, 0.2) is 0 Å². The van der Waals surface area contributed by atoms with E-state index in [-0.39, 0.29) is 25.0 Å². The fourth-order valence-electron chi connectivity index (χ4n) is 7.58. The Balaban J connectivity index is 2.00. The molecular weight excluding hydrogens is 881 g/mol. The van der Waals surface area contributed by atoms with Crippen molar-refractivity contribution >= 4 is 65.0 Å². The molecule has 370 valence electrons. The number of nitrogens with one attached hydrogen (secondary N) is 8. The van der Waals surface area contributed by atoms with Crippen molar-refractivity contribution in [2.75, 3.05) is 26.7 Å². The normalized spacial score (nSPS) is 23.7. The molecule has 67 heavy (non-hydrogen) atoms. The number of nitrogens with zero attached hydrogens (tertiary/aromatic N) is 1. The molecular formula is C42H64N12O13. The number of hydrogen-bond donors (Lipinski definition) is 13. The van der Waals surface area contributed by atoms with Gasteiger partial charge in [0.2, 0.25) is 65.0 Å². The fraction of sp³-hybridized carbons (Fsp3) is 0.595. The van der Waals surface area contributed by atoms with E-state index in [1.165, 1.54) is 19.2 Å². The van der Waals surface area contributed by atoms with Crippen LogP contribution >= 0.6 is 0 Å². The zero-order valence-electron chi connectivity index (χ0n) is 37.8. The van der Waals surface area contributed by atoms with Crippen LogP contribution in [0.2, 0.25) is 0 Å². The molecule has 1 aromatic carbocycles. The van der Waals surface area contributed by atoms with E-state index >= 15 is 0 Å². The number of aliphatic hydroxyl groups is 1. The molecule has 0 aromatic heterocycles. The lowest BCUT2D eigenvalue weighted by Crippen LogP contribution is -2.62. The Morgan fingerprint density at radius 2 is 1.48 bits per heavy atom. The van der Waals surface area contributed by atoms with Crippen LogP contribution in [0.4, 0.5) is 0 Å². The van der Waals surface area contributed by atoms with Gasteiger partial charge in [0, 0.05) is 19.9 Å². The van der Waals surface area contributed by atoms with Crippen molar-refractivity contribution in [1.29, 1.82) is 0 Å². The van der Waals surface area contributed by atoms with Gasteiger partial charge in [0.25, 0.3) is 0 Å². The minimum atomic E-state index is -1.81. The summed E-state index contributed by atoms with van der Waals surface area (Å²) in [5, 5.41) is 41.5. The maximum atomic E-state index is 14.0. The number of rotatable bonds is 16. The Morgan fingerprint density at radius 1 is 0.851 bits per heavy atom. The first-order valence-corrected chi connectivity index (χ1v) is 21.9. The van der Waals surface area contributed by atoms with Gasteiger partial charge in [0.1, 0.15) is 35.6 Å². The molecule has 1 aliphatic heterocycles. The summed E-state index contributed by atoms with van der Waals surface area (Å²) in [4.78, 5) is 145. The number of hydrogen-bond acceptors (Lipinski definition) is 14. The second kappa shape index (κ2) is 25.7. The highest BCUT2D eigenvalue weighted by Crippen LogP contribution is 2.30. The van der Waals surface area contributed by atoms with Gasteiger partial charge in [-0.1, -0.05) is 45.2 Å². The molecule has 2 fully saturated rings. The van der Waals surface area contributed by atoms with Crippen LogP contribution in [0.3, 0.4) is 0 Å². The van der Waals surface area contributed by atoms with Crippen molar-refractivity contribution < 1.29 is 63.0 Å².